The molecule has 0 saturated heterocycles. The zero-order valence-corrected chi connectivity index (χ0v) is 24.9. The van der Waals surface area contributed by atoms with Crippen LogP contribution in [0.4, 0.5) is 34.1 Å². The van der Waals surface area contributed by atoms with Gasteiger partial charge < -0.3 is 9.80 Å². The number of hydrogen-bond acceptors (Lipinski definition) is 2. The average Bonchev–Trinajstić information content (AvgIpc) is 3.02. The molecule has 6 aromatic carbocycles. The summed E-state index contributed by atoms with van der Waals surface area (Å²) in [5.74, 6) is 0. The summed E-state index contributed by atoms with van der Waals surface area (Å²) in [4.78, 5) is 4.50. The van der Waals surface area contributed by atoms with Crippen LogP contribution in [-0.4, -0.2) is 0 Å². The maximum Gasteiger partial charge on any atom is 0.0887 e. The van der Waals surface area contributed by atoms with Crippen LogP contribution in [0.15, 0.2) is 146 Å². The molecular weight excluding hydrogens is 532 g/mol. The number of para-hydroxylation sites is 1. The molecule has 0 saturated carbocycles. The highest BCUT2D eigenvalue weighted by Crippen LogP contribution is 2.47. The zero-order valence-electron chi connectivity index (χ0n) is 24.1. The third kappa shape index (κ3) is 5.68. The predicted octanol–water partition coefficient (Wildman–Crippen LogP) is 11.9. The molecule has 0 heterocycles. The number of anilines is 6. The van der Waals surface area contributed by atoms with Crippen molar-refractivity contribution in [3.05, 3.63) is 167 Å². The van der Waals surface area contributed by atoms with Crippen LogP contribution in [0, 0.1) is 20.8 Å². The van der Waals surface area contributed by atoms with Gasteiger partial charge in [0.15, 0.2) is 0 Å². The number of aryl methyl sites for hydroxylation is 3. The molecule has 6 rings (SSSR count). The fourth-order valence-electron chi connectivity index (χ4n) is 5.31. The van der Waals surface area contributed by atoms with Crippen molar-refractivity contribution in [2.45, 2.75) is 20.8 Å². The smallest absolute Gasteiger partial charge is 0.0887 e. The first-order valence-corrected chi connectivity index (χ1v) is 14.6. The van der Waals surface area contributed by atoms with E-state index in [0.29, 0.717) is 5.02 Å². The molecule has 0 aliphatic carbocycles. The maximum absolute atomic E-state index is 7.48. The van der Waals surface area contributed by atoms with Crippen molar-refractivity contribution in [3.8, 4) is 11.1 Å². The van der Waals surface area contributed by atoms with E-state index in [1.54, 1.807) is 0 Å². The first-order chi connectivity index (χ1) is 20.5. The first kappa shape index (κ1) is 27.4. The largest absolute Gasteiger partial charge is 0.309 e. The van der Waals surface area contributed by atoms with Gasteiger partial charge >= 0.3 is 0 Å². The summed E-state index contributed by atoms with van der Waals surface area (Å²) < 4.78 is 0. The van der Waals surface area contributed by atoms with Crippen molar-refractivity contribution in [1.29, 1.82) is 0 Å². The highest BCUT2D eigenvalue weighted by atomic mass is 35.5. The number of rotatable bonds is 7. The molecule has 0 N–H and O–H groups in total. The van der Waals surface area contributed by atoms with Gasteiger partial charge in [-0.15, -0.1) is 0 Å². The van der Waals surface area contributed by atoms with Crippen molar-refractivity contribution in [1.82, 2.24) is 0 Å². The zero-order chi connectivity index (χ0) is 29.1. The van der Waals surface area contributed by atoms with Crippen molar-refractivity contribution in [2.75, 3.05) is 9.80 Å². The van der Waals surface area contributed by atoms with Gasteiger partial charge in [-0.05, 0) is 98.1 Å². The van der Waals surface area contributed by atoms with Crippen molar-refractivity contribution in [3.63, 3.8) is 0 Å². The normalized spacial score (nSPS) is 10.9. The van der Waals surface area contributed by atoms with Crippen LogP contribution in [-0.2, 0) is 0 Å². The van der Waals surface area contributed by atoms with E-state index in [1.165, 1.54) is 22.3 Å². The van der Waals surface area contributed by atoms with Crippen LogP contribution in [0.5, 0.6) is 0 Å². The lowest BCUT2D eigenvalue weighted by Gasteiger charge is -2.31. The third-order valence-corrected chi connectivity index (χ3v) is 7.88. The Kier molecular flexibility index (Phi) is 7.81. The van der Waals surface area contributed by atoms with E-state index < -0.39 is 0 Å². The highest BCUT2D eigenvalue weighted by Gasteiger charge is 2.23. The number of benzene rings is 6. The molecule has 206 valence electrons. The Balaban J connectivity index is 1.53. The van der Waals surface area contributed by atoms with Gasteiger partial charge in [0.05, 0.1) is 16.4 Å². The molecule has 0 unspecified atom stereocenters. The second-order valence-corrected chi connectivity index (χ2v) is 11.1. The Morgan fingerprint density at radius 3 is 1.19 bits per heavy atom. The molecule has 6 aromatic rings. The third-order valence-electron chi connectivity index (χ3n) is 7.49. The van der Waals surface area contributed by atoms with Crippen LogP contribution in [0.25, 0.3) is 11.1 Å². The van der Waals surface area contributed by atoms with Crippen LogP contribution < -0.4 is 9.80 Å². The standard InChI is InChI=1S/C39H33ClN2/c1-28-14-20-34(21-15-28)41(33-12-8-5-9-13-33)37-26-30(3)27-38(39(37)40)42(35-22-16-29(2)17-23-35)36-24-18-32(19-25-36)31-10-6-4-7-11-31/h4-27H,1-3H3. The average molecular weight is 565 g/mol. The minimum absolute atomic E-state index is 0.678. The Morgan fingerprint density at radius 2 is 0.738 bits per heavy atom. The fraction of sp³-hybridized carbons (Fsp3) is 0.0769. The maximum atomic E-state index is 7.48. The lowest BCUT2D eigenvalue weighted by atomic mass is 10.0. The van der Waals surface area contributed by atoms with Gasteiger partial charge in [0, 0.05) is 22.7 Å². The number of hydrogen-bond donors (Lipinski definition) is 0. The van der Waals surface area contributed by atoms with Crippen LogP contribution in [0.2, 0.25) is 5.02 Å². The van der Waals surface area contributed by atoms with Crippen LogP contribution in [0.3, 0.4) is 0 Å². The van der Waals surface area contributed by atoms with Crippen molar-refractivity contribution < 1.29 is 0 Å². The summed E-state index contributed by atoms with van der Waals surface area (Å²) in [5.41, 5.74) is 12.0. The van der Waals surface area contributed by atoms with E-state index in [1.807, 2.05) is 12.1 Å². The molecule has 2 nitrogen and oxygen atoms in total. The summed E-state index contributed by atoms with van der Waals surface area (Å²) in [5, 5.41) is 0.678. The van der Waals surface area contributed by atoms with Gasteiger partial charge in [-0.1, -0.05) is 108 Å². The Labute approximate surface area is 254 Å². The summed E-state index contributed by atoms with van der Waals surface area (Å²) in [6, 6.07) is 51.1. The minimum atomic E-state index is 0.678. The Morgan fingerprint density at radius 1 is 0.381 bits per heavy atom. The molecule has 0 radical (unpaired) electrons. The molecule has 0 amide bonds. The highest BCUT2D eigenvalue weighted by molar-refractivity contribution is 6.36. The topological polar surface area (TPSA) is 6.48 Å². The molecule has 3 heteroatoms. The molecule has 0 atom stereocenters. The van der Waals surface area contributed by atoms with E-state index in [-0.39, 0.29) is 0 Å². The Bertz CT molecular complexity index is 1780. The van der Waals surface area contributed by atoms with E-state index in [9.17, 15) is 0 Å². The van der Waals surface area contributed by atoms with Gasteiger partial charge in [-0.3, -0.25) is 0 Å². The predicted molar refractivity (Wildman–Crippen MR) is 180 cm³/mol. The summed E-state index contributed by atoms with van der Waals surface area (Å²) in [6.07, 6.45) is 0. The SMILES string of the molecule is Cc1ccc(N(c2ccccc2)c2cc(C)cc(N(c3ccc(C)cc3)c3ccc(-c4ccccc4)cc3)c2Cl)cc1. The molecule has 0 bridgehead atoms. The summed E-state index contributed by atoms with van der Waals surface area (Å²) in [6.45, 7) is 6.35. The molecule has 0 aromatic heterocycles. The van der Waals surface area contributed by atoms with Crippen molar-refractivity contribution in [2.24, 2.45) is 0 Å². The Hall–Kier alpha value is -4.79. The van der Waals surface area contributed by atoms with Gasteiger partial charge in [-0.2, -0.15) is 0 Å². The summed E-state index contributed by atoms with van der Waals surface area (Å²) >= 11 is 7.48. The number of halogens is 1. The minimum Gasteiger partial charge on any atom is -0.309 e. The van der Waals surface area contributed by atoms with Crippen LogP contribution >= 0.6 is 11.6 Å². The van der Waals surface area contributed by atoms with Gasteiger partial charge in [-0.25, -0.2) is 0 Å². The van der Waals surface area contributed by atoms with Crippen LogP contribution in [0.1, 0.15) is 16.7 Å². The van der Waals surface area contributed by atoms with Gasteiger partial charge in [0.2, 0.25) is 0 Å². The quantitative estimate of drug-likeness (QED) is 0.190. The lowest BCUT2D eigenvalue weighted by Crippen LogP contribution is -2.15. The second-order valence-electron chi connectivity index (χ2n) is 10.7. The first-order valence-electron chi connectivity index (χ1n) is 14.2. The van der Waals surface area contributed by atoms with Gasteiger partial charge in [0.1, 0.15) is 0 Å². The monoisotopic (exact) mass is 564 g/mol. The van der Waals surface area contributed by atoms with Gasteiger partial charge in [0.25, 0.3) is 0 Å². The van der Waals surface area contributed by atoms with E-state index in [0.717, 1.165) is 39.7 Å². The molecule has 0 aliphatic rings. The second kappa shape index (κ2) is 12.0. The van der Waals surface area contributed by atoms with E-state index in [2.05, 4.69) is 164 Å². The molecule has 0 fully saturated rings. The lowest BCUT2D eigenvalue weighted by molar-refractivity contribution is 1.23. The fourth-order valence-corrected chi connectivity index (χ4v) is 5.59. The van der Waals surface area contributed by atoms with E-state index in [4.69, 9.17) is 11.6 Å². The molecule has 0 aliphatic heterocycles. The number of nitrogens with zero attached hydrogens (tertiary/aromatic N) is 2. The molecular formula is C39H33ClN2. The molecule has 42 heavy (non-hydrogen) atoms. The van der Waals surface area contributed by atoms with E-state index >= 15 is 0 Å². The molecule has 0 spiro atoms. The summed E-state index contributed by atoms with van der Waals surface area (Å²) in [7, 11) is 0. The van der Waals surface area contributed by atoms with Crippen molar-refractivity contribution >= 4 is 45.7 Å².